The van der Waals surface area contributed by atoms with Crippen LogP contribution in [0.4, 0.5) is 0 Å². The minimum absolute atomic E-state index is 0.377. The second kappa shape index (κ2) is 2.06. The monoisotopic (exact) mass is 134 g/mol. The van der Waals surface area contributed by atoms with E-state index < -0.39 is 10.0 Å². The summed E-state index contributed by atoms with van der Waals surface area (Å²) in [7, 11) is -3.69. The molecule has 0 aliphatic rings. The number of hydrogen-bond acceptors (Lipinski definition) is 3. The number of rotatable bonds is 2. The van der Waals surface area contributed by atoms with Crippen LogP contribution >= 0.6 is 0 Å². The fourth-order valence-corrected chi connectivity index (χ4v) is 0.246. The largest absolute Gasteiger partial charge is 0.307 e. The van der Waals surface area contributed by atoms with E-state index in [-0.39, 0.29) is 4.91 Å². The molecule has 0 fully saturated rings. The molecule has 0 rings (SSSR count). The van der Waals surface area contributed by atoms with Gasteiger partial charge >= 0.3 is 0 Å². The van der Waals surface area contributed by atoms with Crippen LogP contribution in [0, 0.1) is 5.41 Å². The molecule has 5 heteroatoms. The SMILES string of the molecule is C=C(C=N)S(N)(=O)=O. The Bertz CT molecular complexity index is 203. The lowest BCUT2D eigenvalue weighted by Crippen LogP contribution is -2.14. The van der Waals surface area contributed by atoms with Crippen molar-refractivity contribution in [2.75, 3.05) is 0 Å². The summed E-state index contributed by atoms with van der Waals surface area (Å²) in [5.74, 6) is 0. The molecule has 0 heterocycles. The van der Waals surface area contributed by atoms with Crippen molar-refractivity contribution in [3.63, 3.8) is 0 Å². The second-order valence-electron chi connectivity index (χ2n) is 1.16. The minimum Gasteiger partial charge on any atom is -0.307 e. The van der Waals surface area contributed by atoms with Gasteiger partial charge in [0.2, 0.25) is 10.0 Å². The molecule has 0 aliphatic heterocycles. The zero-order chi connectivity index (χ0) is 6.78. The van der Waals surface area contributed by atoms with Gasteiger partial charge in [-0.3, -0.25) is 0 Å². The van der Waals surface area contributed by atoms with Gasteiger partial charge in [0, 0.05) is 6.21 Å². The van der Waals surface area contributed by atoms with Crippen LogP contribution in [-0.4, -0.2) is 14.6 Å². The Labute approximate surface area is 47.6 Å². The molecule has 4 nitrogen and oxygen atoms in total. The number of allylic oxidation sites excluding steroid dienone is 1. The van der Waals surface area contributed by atoms with E-state index in [2.05, 4.69) is 11.7 Å². The maximum atomic E-state index is 10.1. The average Bonchev–Trinajstić information content (AvgIpc) is 1.62. The van der Waals surface area contributed by atoms with E-state index in [9.17, 15) is 8.42 Å². The third-order valence-electron chi connectivity index (χ3n) is 0.526. The van der Waals surface area contributed by atoms with Gasteiger partial charge in [-0.2, -0.15) is 0 Å². The van der Waals surface area contributed by atoms with Gasteiger partial charge in [0.05, 0.1) is 4.91 Å². The molecule has 8 heavy (non-hydrogen) atoms. The van der Waals surface area contributed by atoms with E-state index in [0.29, 0.717) is 6.21 Å². The molecule has 0 saturated heterocycles. The van der Waals surface area contributed by atoms with Crippen LogP contribution < -0.4 is 5.14 Å². The molecule has 0 aromatic rings. The van der Waals surface area contributed by atoms with Crippen molar-refractivity contribution < 1.29 is 8.42 Å². The summed E-state index contributed by atoms with van der Waals surface area (Å²) in [4.78, 5) is -0.377. The third-order valence-corrected chi connectivity index (χ3v) is 1.38. The van der Waals surface area contributed by atoms with Crippen LogP contribution in [0.3, 0.4) is 0 Å². The Morgan fingerprint density at radius 2 is 2.12 bits per heavy atom. The van der Waals surface area contributed by atoms with E-state index in [0.717, 1.165) is 0 Å². The van der Waals surface area contributed by atoms with Crippen LogP contribution in [0.15, 0.2) is 11.5 Å². The van der Waals surface area contributed by atoms with Gasteiger partial charge in [-0.05, 0) is 0 Å². The molecule has 0 bridgehead atoms. The lowest BCUT2D eigenvalue weighted by molar-refractivity contribution is 0.605. The Hall–Kier alpha value is -0.680. The molecule has 46 valence electrons. The predicted molar refractivity (Wildman–Crippen MR) is 31.0 cm³/mol. The summed E-state index contributed by atoms with van der Waals surface area (Å²) in [6, 6.07) is 0. The summed E-state index contributed by atoms with van der Waals surface area (Å²) >= 11 is 0. The van der Waals surface area contributed by atoms with E-state index >= 15 is 0 Å². The summed E-state index contributed by atoms with van der Waals surface area (Å²) in [5, 5.41) is 10.9. The first kappa shape index (κ1) is 7.32. The predicted octanol–water partition coefficient (Wildman–Crippen LogP) is -0.562. The summed E-state index contributed by atoms with van der Waals surface area (Å²) < 4.78 is 20.2. The first-order valence-corrected chi connectivity index (χ1v) is 3.25. The van der Waals surface area contributed by atoms with Gasteiger partial charge < -0.3 is 5.41 Å². The van der Waals surface area contributed by atoms with Crippen LogP contribution in [0.2, 0.25) is 0 Å². The maximum Gasteiger partial charge on any atom is 0.238 e. The molecular weight excluding hydrogens is 128 g/mol. The number of sulfonamides is 1. The Balaban J connectivity index is 4.53. The van der Waals surface area contributed by atoms with Crippen LogP contribution in [0.1, 0.15) is 0 Å². The first-order valence-electron chi connectivity index (χ1n) is 1.70. The summed E-state index contributed by atoms with van der Waals surface area (Å²) in [5.41, 5.74) is 0. The van der Waals surface area contributed by atoms with Crippen molar-refractivity contribution in [1.29, 1.82) is 5.41 Å². The molecular formula is C3H6N2O2S. The fourth-order valence-electron chi connectivity index (χ4n) is 0.0821. The van der Waals surface area contributed by atoms with Crippen LogP contribution in [-0.2, 0) is 10.0 Å². The van der Waals surface area contributed by atoms with Crippen molar-refractivity contribution in [1.82, 2.24) is 0 Å². The number of hydrogen-bond donors (Lipinski definition) is 2. The number of nitrogens with two attached hydrogens (primary N) is 1. The average molecular weight is 134 g/mol. The third kappa shape index (κ3) is 1.85. The zero-order valence-corrected chi connectivity index (χ0v) is 4.90. The lowest BCUT2D eigenvalue weighted by atomic mass is 10.7. The maximum absolute atomic E-state index is 10.1. The molecule has 0 saturated carbocycles. The molecule has 0 atom stereocenters. The molecule has 0 aromatic heterocycles. The molecule has 0 spiro atoms. The van der Waals surface area contributed by atoms with Crippen LogP contribution in [0.25, 0.3) is 0 Å². The molecule has 0 amide bonds. The molecule has 0 radical (unpaired) electrons. The van der Waals surface area contributed by atoms with E-state index in [1.165, 1.54) is 0 Å². The first-order chi connectivity index (χ1) is 3.48. The van der Waals surface area contributed by atoms with Crippen molar-refractivity contribution in [3.05, 3.63) is 11.5 Å². The van der Waals surface area contributed by atoms with Crippen molar-refractivity contribution in [2.45, 2.75) is 0 Å². The quantitative estimate of drug-likeness (QED) is 0.496. The highest BCUT2D eigenvalue weighted by atomic mass is 32.2. The minimum atomic E-state index is -3.69. The highest BCUT2D eigenvalue weighted by Crippen LogP contribution is 1.89. The van der Waals surface area contributed by atoms with E-state index in [1.54, 1.807) is 0 Å². The molecule has 0 unspecified atom stereocenters. The molecule has 0 aromatic carbocycles. The van der Waals surface area contributed by atoms with Gasteiger partial charge in [0.25, 0.3) is 0 Å². The van der Waals surface area contributed by atoms with Gasteiger partial charge in [-0.15, -0.1) is 0 Å². The zero-order valence-electron chi connectivity index (χ0n) is 4.09. The Morgan fingerprint density at radius 1 is 1.75 bits per heavy atom. The molecule has 3 N–H and O–H groups in total. The summed E-state index contributed by atoms with van der Waals surface area (Å²) in [6.45, 7) is 2.99. The fraction of sp³-hybridized carbons (Fsp3) is 0. The normalized spacial score (nSPS) is 10.6. The highest BCUT2D eigenvalue weighted by Gasteiger charge is 2.02. The molecule has 0 aliphatic carbocycles. The van der Waals surface area contributed by atoms with Gasteiger partial charge in [0.15, 0.2) is 0 Å². The van der Waals surface area contributed by atoms with Gasteiger partial charge in [-0.1, -0.05) is 6.58 Å². The van der Waals surface area contributed by atoms with Crippen LogP contribution in [0.5, 0.6) is 0 Å². The van der Waals surface area contributed by atoms with Crippen molar-refractivity contribution >= 4 is 16.2 Å². The standard InChI is InChI=1S/C3H6N2O2S/c1-3(2-4)8(5,6)7/h2,4H,1H2,(H2,5,6,7). The van der Waals surface area contributed by atoms with Crippen molar-refractivity contribution in [2.24, 2.45) is 5.14 Å². The number of nitrogens with one attached hydrogen (secondary N) is 1. The van der Waals surface area contributed by atoms with E-state index in [1.807, 2.05) is 0 Å². The Kier molecular flexibility index (Phi) is 1.88. The smallest absolute Gasteiger partial charge is 0.238 e. The highest BCUT2D eigenvalue weighted by molar-refractivity contribution is 7.93. The van der Waals surface area contributed by atoms with E-state index in [4.69, 9.17) is 5.41 Å². The second-order valence-corrected chi connectivity index (χ2v) is 2.77. The van der Waals surface area contributed by atoms with Gasteiger partial charge in [0.1, 0.15) is 0 Å². The lowest BCUT2D eigenvalue weighted by Gasteiger charge is -1.88. The topological polar surface area (TPSA) is 84.0 Å². The van der Waals surface area contributed by atoms with Gasteiger partial charge in [-0.25, -0.2) is 13.6 Å². The summed E-state index contributed by atoms with van der Waals surface area (Å²) in [6.07, 6.45) is 0.593. The Morgan fingerprint density at radius 3 is 2.12 bits per heavy atom. The van der Waals surface area contributed by atoms with Crippen molar-refractivity contribution in [3.8, 4) is 0 Å². The number of primary sulfonamides is 1.